The van der Waals surface area contributed by atoms with Gasteiger partial charge in [-0.05, 0) is 61.5 Å². The molecule has 1 aliphatic carbocycles. The highest BCUT2D eigenvalue weighted by Crippen LogP contribution is 2.51. The van der Waals surface area contributed by atoms with E-state index in [4.69, 9.17) is 4.74 Å². The lowest BCUT2D eigenvalue weighted by Gasteiger charge is -2.56. The predicted molar refractivity (Wildman–Crippen MR) is 107 cm³/mol. The van der Waals surface area contributed by atoms with Crippen LogP contribution in [0.3, 0.4) is 0 Å². The molecule has 2 heterocycles. The minimum atomic E-state index is -0.900. The molecule has 2 aromatic carbocycles. The van der Waals surface area contributed by atoms with Crippen molar-refractivity contribution in [3.8, 4) is 5.75 Å². The van der Waals surface area contributed by atoms with Crippen LogP contribution in [0.25, 0.3) is 10.9 Å². The first kappa shape index (κ1) is 17.7. The SMILES string of the molecule is COc1cccc([C@@]23CCN(C)C[C@@]2(O)Cc2c([nH]c4cc(F)ccc24)C3)c1. The van der Waals surface area contributed by atoms with Crippen LogP contribution in [0.5, 0.6) is 5.75 Å². The van der Waals surface area contributed by atoms with Crippen molar-refractivity contribution in [2.24, 2.45) is 0 Å². The molecule has 0 amide bonds. The number of rotatable bonds is 2. The summed E-state index contributed by atoms with van der Waals surface area (Å²) in [6.45, 7) is 1.53. The van der Waals surface area contributed by atoms with Crippen LogP contribution in [-0.2, 0) is 18.3 Å². The van der Waals surface area contributed by atoms with Gasteiger partial charge in [-0.2, -0.15) is 0 Å². The Labute approximate surface area is 163 Å². The molecule has 4 nitrogen and oxygen atoms in total. The van der Waals surface area contributed by atoms with Crippen molar-refractivity contribution in [2.45, 2.75) is 30.3 Å². The molecule has 3 aromatic rings. The topological polar surface area (TPSA) is 48.5 Å². The van der Waals surface area contributed by atoms with Crippen LogP contribution in [0, 0.1) is 5.82 Å². The highest BCUT2D eigenvalue weighted by molar-refractivity contribution is 5.85. The molecule has 0 saturated carbocycles. The lowest BCUT2D eigenvalue weighted by molar-refractivity contribution is -0.0972. The van der Waals surface area contributed by atoms with Crippen molar-refractivity contribution < 1.29 is 14.2 Å². The maximum atomic E-state index is 13.8. The van der Waals surface area contributed by atoms with E-state index in [2.05, 4.69) is 29.1 Å². The Morgan fingerprint density at radius 2 is 2.04 bits per heavy atom. The molecule has 1 aromatic heterocycles. The zero-order chi connectivity index (χ0) is 19.5. The van der Waals surface area contributed by atoms with E-state index in [0.717, 1.165) is 46.4 Å². The van der Waals surface area contributed by atoms with Crippen LogP contribution in [0.4, 0.5) is 4.39 Å². The molecule has 1 saturated heterocycles. The van der Waals surface area contributed by atoms with E-state index in [9.17, 15) is 9.50 Å². The van der Waals surface area contributed by atoms with Gasteiger partial charge < -0.3 is 19.7 Å². The largest absolute Gasteiger partial charge is 0.497 e. The molecule has 0 radical (unpaired) electrons. The summed E-state index contributed by atoms with van der Waals surface area (Å²) in [6.07, 6.45) is 2.11. The number of halogens is 1. The first-order chi connectivity index (χ1) is 13.4. The number of H-pyrrole nitrogens is 1. The number of β-amino-alcohol motifs (C(OH)–C–C–N with tert-alkyl or cyclic N) is 1. The van der Waals surface area contributed by atoms with E-state index in [1.165, 1.54) is 6.07 Å². The number of hydrogen-bond donors (Lipinski definition) is 2. The summed E-state index contributed by atoms with van der Waals surface area (Å²) in [7, 11) is 3.73. The van der Waals surface area contributed by atoms with Gasteiger partial charge in [0.05, 0.1) is 12.7 Å². The number of nitrogens with one attached hydrogen (secondary N) is 1. The van der Waals surface area contributed by atoms with Gasteiger partial charge in [0.25, 0.3) is 0 Å². The molecule has 5 heteroatoms. The highest BCUT2D eigenvalue weighted by atomic mass is 19.1. The van der Waals surface area contributed by atoms with Crippen molar-refractivity contribution in [1.82, 2.24) is 9.88 Å². The van der Waals surface area contributed by atoms with Gasteiger partial charge in [-0.25, -0.2) is 4.39 Å². The molecule has 2 N–H and O–H groups in total. The first-order valence-corrected chi connectivity index (χ1v) is 9.79. The molecule has 2 atom stereocenters. The molecular formula is C23H25FN2O2. The van der Waals surface area contributed by atoms with Gasteiger partial charge in [0, 0.05) is 41.4 Å². The fourth-order valence-corrected chi connectivity index (χ4v) is 5.44. The molecule has 2 aliphatic rings. The quantitative estimate of drug-likeness (QED) is 0.716. The smallest absolute Gasteiger partial charge is 0.125 e. The molecule has 146 valence electrons. The average Bonchev–Trinajstić information content (AvgIpc) is 3.01. The number of aromatic nitrogens is 1. The van der Waals surface area contributed by atoms with E-state index >= 15 is 0 Å². The van der Waals surface area contributed by atoms with E-state index < -0.39 is 11.0 Å². The summed E-state index contributed by atoms with van der Waals surface area (Å²) >= 11 is 0. The van der Waals surface area contributed by atoms with Gasteiger partial charge in [-0.1, -0.05) is 12.1 Å². The summed E-state index contributed by atoms with van der Waals surface area (Å²) in [5, 5.41) is 13.0. The third-order valence-electron chi connectivity index (χ3n) is 6.87. The maximum absolute atomic E-state index is 13.8. The third kappa shape index (κ3) is 2.43. The second kappa shape index (κ2) is 6.06. The average molecular weight is 380 g/mol. The fourth-order valence-electron chi connectivity index (χ4n) is 5.44. The minimum absolute atomic E-state index is 0.246. The summed E-state index contributed by atoms with van der Waals surface area (Å²) in [5.41, 5.74) is 2.84. The Morgan fingerprint density at radius 1 is 1.18 bits per heavy atom. The van der Waals surface area contributed by atoms with Crippen molar-refractivity contribution >= 4 is 10.9 Å². The monoisotopic (exact) mass is 380 g/mol. The van der Waals surface area contributed by atoms with Crippen LogP contribution in [0.1, 0.15) is 23.2 Å². The molecule has 1 fully saturated rings. The van der Waals surface area contributed by atoms with Gasteiger partial charge in [-0.15, -0.1) is 0 Å². The van der Waals surface area contributed by atoms with E-state index in [1.807, 2.05) is 18.2 Å². The number of likely N-dealkylation sites (tertiary alicyclic amines) is 1. The molecule has 28 heavy (non-hydrogen) atoms. The number of methoxy groups -OCH3 is 1. The normalized spacial score (nSPS) is 27.4. The van der Waals surface area contributed by atoms with Gasteiger partial charge in [0.15, 0.2) is 0 Å². The Balaban J connectivity index is 1.71. The molecule has 0 spiro atoms. The van der Waals surface area contributed by atoms with E-state index in [0.29, 0.717) is 19.4 Å². The van der Waals surface area contributed by atoms with Crippen molar-refractivity contribution in [2.75, 3.05) is 27.2 Å². The standard InChI is InChI=1S/C23H25FN2O2/c1-26-9-8-22(15-4-3-5-17(10-15)28-2)13-21-19(12-23(22,27)14-26)18-7-6-16(24)11-20(18)25-21/h3-7,10-11,25,27H,8-9,12-14H2,1-2H3/t22-,23-/m0/s1. The van der Waals surface area contributed by atoms with Crippen LogP contribution in [0.2, 0.25) is 0 Å². The predicted octanol–water partition coefficient (Wildman–Crippen LogP) is 3.42. The van der Waals surface area contributed by atoms with Gasteiger partial charge in [-0.3, -0.25) is 0 Å². The number of piperidine rings is 1. The number of ether oxygens (including phenoxy) is 1. The second-order valence-corrected chi connectivity index (χ2v) is 8.46. The molecule has 0 bridgehead atoms. The number of aliphatic hydroxyl groups is 1. The van der Waals surface area contributed by atoms with Crippen LogP contribution < -0.4 is 4.74 Å². The summed E-state index contributed by atoms with van der Waals surface area (Å²) in [4.78, 5) is 5.65. The number of aromatic amines is 1. The Kier molecular flexibility index (Phi) is 3.83. The summed E-state index contributed by atoms with van der Waals surface area (Å²) in [6, 6.07) is 13.0. The molecule has 5 rings (SSSR count). The Morgan fingerprint density at radius 3 is 2.86 bits per heavy atom. The first-order valence-electron chi connectivity index (χ1n) is 9.79. The summed E-state index contributed by atoms with van der Waals surface area (Å²) in [5.74, 6) is 0.558. The van der Waals surface area contributed by atoms with Crippen molar-refractivity contribution in [3.63, 3.8) is 0 Å². The fraction of sp³-hybridized carbons (Fsp3) is 0.391. The van der Waals surface area contributed by atoms with Crippen molar-refractivity contribution in [3.05, 3.63) is 65.1 Å². The van der Waals surface area contributed by atoms with Gasteiger partial charge >= 0.3 is 0 Å². The molecule has 0 unspecified atom stereocenters. The lowest BCUT2D eigenvalue weighted by Crippen LogP contribution is -2.65. The molecule has 1 aliphatic heterocycles. The van der Waals surface area contributed by atoms with Crippen LogP contribution in [0.15, 0.2) is 42.5 Å². The zero-order valence-corrected chi connectivity index (χ0v) is 16.3. The maximum Gasteiger partial charge on any atom is 0.125 e. The molecular weight excluding hydrogens is 355 g/mol. The van der Waals surface area contributed by atoms with Crippen molar-refractivity contribution in [1.29, 1.82) is 0 Å². The number of fused-ring (bicyclic) bond motifs is 4. The van der Waals surface area contributed by atoms with E-state index in [1.54, 1.807) is 13.2 Å². The Bertz CT molecular complexity index is 1060. The minimum Gasteiger partial charge on any atom is -0.497 e. The van der Waals surface area contributed by atoms with Crippen LogP contribution >= 0.6 is 0 Å². The number of likely N-dealkylation sites (N-methyl/N-ethyl adjacent to an activating group) is 1. The second-order valence-electron chi connectivity index (χ2n) is 8.46. The van der Waals surface area contributed by atoms with Gasteiger partial charge in [0.2, 0.25) is 0 Å². The number of hydrogen-bond acceptors (Lipinski definition) is 3. The Hall–Kier alpha value is -2.37. The third-order valence-corrected chi connectivity index (χ3v) is 6.87. The van der Waals surface area contributed by atoms with E-state index in [-0.39, 0.29) is 5.82 Å². The number of benzene rings is 2. The van der Waals surface area contributed by atoms with Crippen LogP contribution in [-0.4, -0.2) is 47.8 Å². The van der Waals surface area contributed by atoms with Gasteiger partial charge in [0.1, 0.15) is 11.6 Å². The lowest BCUT2D eigenvalue weighted by atomic mass is 9.56. The highest BCUT2D eigenvalue weighted by Gasteiger charge is 2.57. The zero-order valence-electron chi connectivity index (χ0n) is 16.3. The summed E-state index contributed by atoms with van der Waals surface area (Å²) < 4.78 is 19.2. The number of nitrogens with zero attached hydrogens (tertiary/aromatic N) is 1.